The Morgan fingerprint density at radius 3 is 3.00 bits per heavy atom. The highest BCUT2D eigenvalue weighted by molar-refractivity contribution is 7.15. The summed E-state index contributed by atoms with van der Waals surface area (Å²) in [6.45, 7) is 2.17. The van der Waals surface area contributed by atoms with Crippen LogP contribution in [0.1, 0.15) is 29.5 Å². The second-order valence-corrected chi connectivity index (χ2v) is 5.98. The predicted octanol–water partition coefficient (Wildman–Crippen LogP) is 3.82. The van der Waals surface area contributed by atoms with Crippen molar-refractivity contribution in [2.75, 3.05) is 5.73 Å². The van der Waals surface area contributed by atoms with Crippen molar-refractivity contribution in [3.05, 3.63) is 52.8 Å². The van der Waals surface area contributed by atoms with Crippen LogP contribution in [0.25, 0.3) is 10.8 Å². The highest BCUT2D eigenvalue weighted by atomic mass is 32.1. The first kappa shape index (κ1) is 13.1. The third kappa shape index (κ3) is 2.51. The number of nitrogens with two attached hydrogens (primary N) is 1. The SMILES string of the molecule is CCCc1nc(N)sc1Cc1cccc2ccncc12. The summed E-state index contributed by atoms with van der Waals surface area (Å²) in [4.78, 5) is 9.98. The average Bonchev–Trinajstić information content (AvgIpc) is 2.80. The largest absolute Gasteiger partial charge is 0.375 e. The van der Waals surface area contributed by atoms with Crippen LogP contribution in [0.3, 0.4) is 0 Å². The first-order valence-corrected chi connectivity index (χ1v) is 7.65. The molecule has 3 nitrogen and oxygen atoms in total. The lowest BCUT2D eigenvalue weighted by molar-refractivity contribution is 0.880. The van der Waals surface area contributed by atoms with E-state index in [2.05, 4.69) is 35.1 Å². The van der Waals surface area contributed by atoms with Crippen molar-refractivity contribution in [3.63, 3.8) is 0 Å². The molecule has 0 aliphatic carbocycles. The fourth-order valence-electron chi connectivity index (χ4n) is 2.48. The van der Waals surface area contributed by atoms with Crippen LogP contribution in [0.5, 0.6) is 0 Å². The van der Waals surface area contributed by atoms with E-state index >= 15 is 0 Å². The number of rotatable bonds is 4. The summed E-state index contributed by atoms with van der Waals surface area (Å²) in [6.07, 6.45) is 6.74. The molecule has 20 heavy (non-hydrogen) atoms. The summed E-state index contributed by atoms with van der Waals surface area (Å²) >= 11 is 1.60. The Labute approximate surface area is 122 Å². The second kappa shape index (κ2) is 5.59. The molecule has 0 spiro atoms. The summed E-state index contributed by atoms with van der Waals surface area (Å²) in [6, 6.07) is 8.43. The zero-order valence-electron chi connectivity index (χ0n) is 11.5. The number of hydrogen-bond acceptors (Lipinski definition) is 4. The highest BCUT2D eigenvalue weighted by Gasteiger charge is 2.11. The Morgan fingerprint density at radius 2 is 2.15 bits per heavy atom. The van der Waals surface area contributed by atoms with E-state index in [1.165, 1.54) is 21.2 Å². The van der Waals surface area contributed by atoms with Crippen molar-refractivity contribution >= 4 is 27.2 Å². The molecule has 4 heteroatoms. The molecule has 0 fully saturated rings. The molecule has 0 saturated carbocycles. The molecule has 2 N–H and O–H groups in total. The molecule has 0 amide bonds. The minimum Gasteiger partial charge on any atom is -0.375 e. The summed E-state index contributed by atoms with van der Waals surface area (Å²) in [5.41, 5.74) is 8.31. The fraction of sp³-hybridized carbons (Fsp3) is 0.250. The van der Waals surface area contributed by atoms with Gasteiger partial charge >= 0.3 is 0 Å². The van der Waals surface area contributed by atoms with E-state index in [9.17, 15) is 0 Å². The Kier molecular flexibility index (Phi) is 3.65. The van der Waals surface area contributed by atoms with Crippen LogP contribution < -0.4 is 5.73 Å². The molecule has 102 valence electrons. The molecule has 2 aromatic heterocycles. The maximum atomic E-state index is 5.87. The van der Waals surface area contributed by atoms with Gasteiger partial charge in [0.05, 0.1) is 5.69 Å². The Balaban J connectivity index is 2.01. The molecule has 0 bridgehead atoms. The molecule has 0 radical (unpaired) electrons. The highest BCUT2D eigenvalue weighted by Crippen LogP contribution is 2.27. The number of thiazole rings is 1. The van der Waals surface area contributed by atoms with E-state index < -0.39 is 0 Å². The molecule has 0 unspecified atom stereocenters. The topological polar surface area (TPSA) is 51.8 Å². The Hall–Kier alpha value is -1.94. The van der Waals surface area contributed by atoms with Gasteiger partial charge in [-0.1, -0.05) is 31.5 Å². The van der Waals surface area contributed by atoms with Gasteiger partial charge in [-0.2, -0.15) is 0 Å². The number of pyridine rings is 1. The predicted molar refractivity (Wildman–Crippen MR) is 85.1 cm³/mol. The van der Waals surface area contributed by atoms with Gasteiger partial charge < -0.3 is 5.73 Å². The Morgan fingerprint density at radius 1 is 1.25 bits per heavy atom. The molecule has 3 aromatic rings. The Bertz CT molecular complexity index is 728. The summed E-state index contributed by atoms with van der Waals surface area (Å²) < 4.78 is 0. The molecule has 1 aromatic carbocycles. The normalized spacial score (nSPS) is 11.1. The van der Waals surface area contributed by atoms with E-state index in [1.807, 2.05) is 18.5 Å². The number of aryl methyl sites for hydroxylation is 1. The maximum absolute atomic E-state index is 5.87. The van der Waals surface area contributed by atoms with Crippen molar-refractivity contribution in [2.45, 2.75) is 26.2 Å². The molecule has 0 aliphatic rings. The van der Waals surface area contributed by atoms with Crippen molar-refractivity contribution < 1.29 is 0 Å². The number of nitrogens with zero attached hydrogens (tertiary/aromatic N) is 2. The van der Waals surface area contributed by atoms with Crippen molar-refractivity contribution in [2.24, 2.45) is 0 Å². The van der Waals surface area contributed by atoms with Crippen LogP contribution in [0.4, 0.5) is 5.13 Å². The fourth-order valence-corrected chi connectivity index (χ4v) is 3.38. The van der Waals surface area contributed by atoms with Crippen LogP contribution in [0.15, 0.2) is 36.7 Å². The van der Waals surface area contributed by atoms with E-state index in [-0.39, 0.29) is 0 Å². The van der Waals surface area contributed by atoms with E-state index in [4.69, 9.17) is 5.73 Å². The summed E-state index contributed by atoms with van der Waals surface area (Å²) in [7, 11) is 0. The lowest BCUT2D eigenvalue weighted by atomic mass is 10.0. The van der Waals surface area contributed by atoms with Crippen LogP contribution in [-0.2, 0) is 12.8 Å². The van der Waals surface area contributed by atoms with Crippen LogP contribution >= 0.6 is 11.3 Å². The van der Waals surface area contributed by atoms with Gasteiger partial charge in [0.2, 0.25) is 0 Å². The number of hydrogen-bond donors (Lipinski definition) is 1. The van der Waals surface area contributed by atoms with Crippen molar-refractivity contribution in [1.82, 2.24) is 9.97 Å². The van der Waals surface area contributed by atoms with E-state index in [0.29, 0.717) is 5.13 Å². The van der Waals surface area contributed by atoms with Gasteiger partial charge in [0.1, 0.15) is 0 Å². The van der Waals surface area contributed by atoms with Crippen LogP contribution in [0, 0.1) is 0 Å². The van der Waals surface area contributed by atoms with Crippen LogP contribution in [0.2, 0.25) is 0 Å². The maximum Gasteiger partial charge on any atom is 0.180 e. The van der Waals surface area contributed by atoms with E-state index in [1.54, 1.807) is 11.3 Å². The molecule has 0 atom stereocenters. The van der Waals surface area contributed by atoms with Gasteiger partial charge in [-0.3, -0.25) is 4.98 Å². The van der Waals surface area contributed by atoms with E-state index in [0.717, 1.165) is 25.0 Å². The first-order valence-electron chi connectivity index (χ1n) is 6.83. The van der Waals surface area contributed by atoms with Crippen molar-refractivity contribution in [1.29, 1.82) is 0 Å². The first-order chi connectivity index (χ1) is 9.78. The van der Waals surface area contributed by atoms with Gasteiger partial charge in [-0.05, 0) is 23.4 Å². The molecular weight excluding hydrogens is 266 g/mol. The number of anilines is 1. The lowest BCUT2D eigenvalue weighted by Crippen LogP contribution is -1.94. The van der Waals surface area contributed by atoms with Gasteiger partial charge in [0, 0.05) is 29.1 Å². The zero-order chi connectivity index (χ0) is 13.9. The standard InChI is InChI=1S/C16H17N3S/c1-2-4-14-15(20-16(17)19-14)9-12-6-3-5-11-7-8-18-10-13(11)12/h3,5-8,10H,2,4,9H2,1H3,(H2,17,19). The molecular formula is C16H17N3S. The summed E-state index contributed by atoms with van der Waals surface area (Å²) in [5, 5.41) is 3.11. The van der Waals surface area contributed by atoms with Crippen LogP contribution in [-0.4, -0.2) is 9.97 Å². The molecule has 0 saturated heterocycles. The van der Waals surface area contributed by atoms with Gasteiger partial charge in [0.15, 0.2) is 5.13 Å². The lowest BCUT2D eigenvalue weighted by Gasteiger charge is -2.06. The number of fused-ring (bicyclic) bond motifs is 1. The molecule has 2 heterocycles. The zero-order valence-corrected chi connectivity index (χ0v) is 12.3. The quantitative estimate of drug-likeness (QED) is 0.792. The molecule has 3 rings (SSSR count). The third-order valence-electron chi connectivity index (χ3n) is 3.41. The minimum absolute atomic E-state index is 0.668. The minimum atomic E-state index is 0.668. The van der Waals surface area contributed by atoms with Gasteiger partial charge in [-0.25, -0.2) is 4.98 Å². The summed E-state index contributed by atoms with van der Waals surface area (Å²) in [5.74, 6) is 0. The van der Waals surface area contributed by atoms with Gasteiger partial charge in [-0.15, -0.1) is 11.3 Å². The number of aromatic nitrogens is 2. The average molecular weight is 283 g/mol. The molecule has 0 aliphatic heterocycles. The van der Waals surface area contributed by atoms with Gasteiger partial charge in [0.25, 0.3) is 0 Å². The third-order valence-corrected chi connectivity index (χ3v) is 4.33. The monoisotopic (exact) mass is 283 g/mol. The smallest absolute Gasteiger partial charge is 0.180 e. The van der Waals surface area contributed by atoms with Crippen molar-refractivity contribution in [3.8, 4) is 0 Å². The number of nitrogen functional groups attached to an aromatic ring is 1. The second-order valence-electron chi connectivity index (χ2n) is 4.86. The number of benzene rings is 1.